The van der Waals surface area contributed by atoms with Crippen LogP contribution in [0.2, 0.25) is 10.0 Å². The summed E-state index contributed by atoms with van der Waals surface area (Å²) >= 11 is 12.3. The van der Waals surface area contributed by atoms with Crippen LogP contribution in [0.15, 0.2) is 22.4 Å². The molecule has 4 saturated carbocycles. The number of rotatable bonds is 5. The number of carbonyl (C=O) groups is 1. The molecule has 4 aliphatic carbocycles. The zero-order valence-electron chi connectivity index (χ0n) is 24.2. The van der Waals surface area contributed by atoms with Crippen LogP contribution < -0.4 is 0 Å². The Hall–Kier alpha value is -1.67. The second kappa shape index (κ2) is 10.8. The number of aliphatic hydroxyl groups excluding tert-OH is 2. The topological polar surface area (TPSA) is 118 Å². The second-order valence-corrected chi connectivity index (χ2v) is 15.0. The number of aromatic nitrogens is 1. The number of hydrogen-bond donors (Lipinski definition) is 4. The normalized spacial score (nSPS) is 39.4. The SMILES string of the molecule is CC(CCC(=O)N=Nc1c(O)[nH]c2c(Cl)cc(Cl)cc12)C1CCC2C3C(CCC12C)C1(C)CCC(O)CC1C[C@@H]3O. The van der Waals surface area contributed by atoms with E-state index in [0.717, 1.165) is 51.4 Å². The van der Waals surface area contributed by atoms with Crippen molar-refractivity contribution >= 4 is 45.7 Å². The maximum absolute atomic E-state index is 12.8. The third-order valence-electron chi connectivity index (χ3n) is 12.3. The van der Waals surface area contributed by atoms with Gasteiger partial charge in [-0.2, -0.15) is 0 Å². The minimum absolute atomic E-state index is 0.156. The molecule has 0 bridgehead atoms. The van der Waals surface area contributed by atoms with E-state index in [1.165, 1.54) is 6.42 Å². The number of fused-ring (bicyclic) bond motifs is 6. The number of aromatic hydroxyl groups is 1. The third kappa shape index (κ3) is 4.93. The molecule has 224 valence electrons. The molecule has 1 aromatic heterocycles. The van der Waals surface area contributed by atoms with Crippen molar-refractivity contribution in [3.05, 3.63) is 22.2 Å². The molecular formula is C32H43Cl2N3O4. The monoisotopic (exact) mass is 603 g/mol. The van der Waals surface area contributed by atoms with Crippen LogP contribution in [0.25, 0.3) is 10.9 Å². The van der Waals surface area contributed by atoms with Crippen LogP contribution >= 0.6 is 23.2 Å². The molecule has 10 atom stereocenters. The fourth-order valence-electron chi connectivity index (χ4n) is 10.2. The number of aromatic amines is 1. The quantitative estimate of drug-likeness (QED) is 0.257. The molecule has 0 saturated heterocycles. The highest BCUT2D eigenvalue weighted by molar-refractivity contribution is 6.38. The van der Waals surface area contributed by atoms with Crippen LogP contribution in [0.3, 0.4) is 0 Å². The number of carbonyl (C=O) groups excluding carboxylic acids is 1. The van der Waals surface area contributed by atoms with Crippen molar-refractivity contribution in [1.82, 2.24) is 4.98 Å². The molecule has 7 nitrogen and oxygen atoms in total. The number of hydrogen-bond acceptors (Lipinski definition) is 5. The lowest BCUT2D eigenvalue weighted by molar-refractivity contribution is -0.174. The number of H-pyrrole nitrogens is 1. The maximum atomic E-state index is 12.8. The number of nitrogens with zero attached hydrogens (tertiary/aromatic N) is 2. The number of benzene rings is 1. The van der Waals surface area contributed by atoms with Crippen LogP contribution in [-0.4, -0.2) is 38.4 Å². The van der Waals surface area contributed by atoms with E-state index in [4.69, 9.17) is 23.2 Å². The molecule has 0 aliphatic heterocycles. The van der Waals surface area contributed by atoms with Gasteiger partial charge in [-0.3, -0.25) is 4.79 Å². The van der Waals surface area contributed by atoms with Gasteiger partial charge in [0.05, 0.1) is 22.7 Å². The largest absolute Gasteiger partial charge is 0.493 e. The van der Waals surface area contributed by atoms with Crippen molar-refractivity contribution in [2.75, 3.05) is 0 Å². The summed E-state index contributed by atoms with van der Waals surface area (Å²) in [5, 5.41) is 41.4. The summed E-state index contributed by atoms with van der Waals surface area (Å²) in [5.74, 6) is 2.13. The molecule has 4 aliphatic rings. The summed E-state index contributed by atoms with van der Waals surface area (Å²) in [6.45, 7) is 7.16. The van der Waals surface area contributed by atoms with Crippen molar-refractivity contribution in [2.45, 2.75) is 97.2 Å². The van der Waals surface area contributed by atoms with Gasteiger partial charge >= 0.3 is 0 Å². The van der Waals surface area contributed by atoms with Crippen LogP contribution in [0.1, 0.15) is 85.0 Å². The van der Waals surface area contributed by atoms with Gasteiger partial charge in [-0.1, -0.05) is 44.0 Å². The van der Waals surface area contributed by atoms with Crippen molar-refractivity contribution in [3.63, 3.8) is 0 Å². The average molecular weight is 605 g/mol. The Bertz CT molecular complexity index is 1360. The lowest BCUT2D eigenvalue weighted by Gasteiger charge is -2.62. The van der Waals surface area contributed by atoms with E-state index in [2.05, 4.69) is 36.0 Å². The highest BCUT2D eigenvalue weighted by Crippen LogP contribution is 2.68. The predicted molar refractivity (Wildman–Crippen MR) is 161 cm³/mol. The zero-order valence-corrected chi connectivity index (χ0v) is 25.8. The number of halogens is 2. The van der Waals surface area contributed by atoms with Gasteiger partial charge < -0.3 is 20.3 Å². The summed E-state index contributed by atoms with van der Waals surface area (Å²) in [6.07, 6.45) is 8.76. The van der Waals surface area contributed by atoms with Gasteiger partial charge in [0.25, 0.3) is 5.91 Å². The number of aliphatic hydroxyl groups is 2. The van der Waals surface area contributed by atoms with E-state index in [1.807, 2.05) is 0 Å². The van der Waals surface area contributed by atoms with Crippen LogP contribution in [0.4, 0.5) is 5.69 Å². The summed E-state index contributed by atoms with van der Waals surface area (Å²) in [7, 11) is 0. The van der Waals surface area contributed by atoms with Crippen molar-refractivity contribution in [1.29, 1.82) is 0 Å². The third-order valence-corrected chi connectivity index (χ3v) is 12.8. The summed E-state index contributed by atoms with van der Waals surface area (Å²) in [4.78, 5) is 15.5. The van der Waals surface area contributed by atoms with E-state index in [-0.39, 0.29) is 40.5 Å². The molecule has 0 radical (unpaired) electrons. The molecule has 9 heteroatoms. The molecule has 2 aromatic rings. The van der Waals surface area contributed by atoms with E-state index >= 15 is 0 Å². The van der Waals surface area contributed by atoms with Crippen LogP contribution in [0, 0.1) is 46.3 Å². The fourth-order valence-corrected chi connectivity index (χ4v) is 10.7. The first-order valence-corrected chi connectivity index (χ1v) is 16.2. The first kappa shape index (κ1) is 29.4. The summed E-state index contributed by atoms with van der Waals surface area (Å²) in [6, 6.07) is 3.20. The molecule has 1 amide bonds. The molecule has 6 rings (SSSR count). The first-order chi connectivity index (χ1) is 19.4. The molecule has 4 fully saturated rings. The van der Waals surface area contributed by atoms with Gasteiger partial charge in [-0.05, 0) is 116 Å². The molecule has 1 heterocycles. The number of amides is 1. The minimum atomic E-state index is -0.316. The van der Waals surface area contributed by atoms with Crippen molar-refractivity contribution < 1.29 is 20.1 Å². The highest BCUT2D eigenvalue weighted by Gasteiger charge is 2.62. The first-order valence-electron chi connectivity index (χ1n) is 15.4. The van der Waals surface area contributed by atoms with E-state index in [9.17, 15) is 20.1 Å². The van der Waals surface area contributed by atoms with E-state index in [1.54, 1.807) is 12.1 Å². The average Bonchev–Trinajstić information content (AvgIpc) is 3.43. The number of nitrogens with one attached hydrogen (secondary N) is 1. The Labute approximate surface area is 252 Å². The van der Waals surface area contributed by atoms with E-state index < -0.39 is 0 Å². The van der Waals surface area contributed by atoms with Crippen molar-refractivity contribution in [2.24, 2.45) is 56.6 Å². The smallest absolute Gasteiger partial charge is 0.264 e. The Morgan fingerprint density at radius 3 is 2.59 bits per heavy atom. The van der Waals surface area contributed by atoms with Gasteiger partial charge in [0.15, 0.2) is 5.69 Å². The van der Waals surface area contributed by atoms with Gasteiger partial charge in [0, 0.05) is 16.8 Å². The zero-order chi connectivity index (χ0) is 29.3. The van der Waals surface area contributed by atoms with E-state index in [0.29, 0.717) is 62.9 Å². The molecule has 1 aromatic carbocycles. The van der Waals surface area contributed by atoms with Gasteiger partial charge in [-0.15, -0.1) is 10.2 Å². The Balaban J connectivity index is 1.11. The van der Waals surface area contributed by atoms with Crippen LogP contribution in [-0.2, 0) is 4.79 Å². The van der Waals surface area contributed by atoms with Gasteiger partial charge in [0.2, 0.25) is 5.88 Å². The van der Waals surface area contributed by atoms with Crippen molar-refractivity contribution in [3.8, 4) is 5.88 Å². The Morgan fingerprint density at radius 2 is 1.80 bits per heavy atom. The molecule has 0 spiro atoms. The lowest BCUT2D eigenvalue weighted by Crippen LogP contribution is -2.58. The van der Waals surface area contributed by atoms with Gasteiger partial charge in [-0.25, -0.2) is 0 Å². The highest BCUT2D eigenvalue weighted by atomic mass is 35.5. The standard InChI is InChI=1S/C32H43Cl2N3O4/c1-16(4-7-26(40)36-37-29-20-14-18(33)15-24(34)28(20)35-30(29)41)21-5-6-22-27-23(9-11-32(21,22)3)31(2)10-8-19(38)12-17(31)13-25(27)39/h14-17,19,21-23,25,27,35,38-39,41H,4-13H2,1-3H3/t16?,17?,19?,21?,22?,23?,25-,27?,31?,32?/m0/s1. The molecule has 9 unspecified atom stereocenters. The number of azo groups is 1. The molecule has 4 N–H and O–H groups in total. The van der Waals surface area contributed by atoms with Crippen LogP contribution in [0.5, 0.6) is 5.88 Å². The summed E-state index contributed by atoms with van der Waals surface area (Å²) < 4.78 is 0. The minimum Gasteiger partial charge on any atom is -0.493 e. The Kier molecular flexibility index (Phi) is 7.74. The molecular weight excluding hydrogens is 561 g/mol. The second-order valence-electron chi connectivity index (χ2n) is 14.2. The maximum Gasteiger partial charge on any atom is 0.264 e. The Morgan fingerprint density at radius 1 is 1.07 bits per heavy atom. The predicted octanol–water partition coefficient (Wildman–Crippen LogP) is 8.20. The molecule has 41 heavy (non-hydrogen) atoms. The lowest BCUT2D eigenvalue weighted by atomic mass is 9.43. The summed E-state index contributed by atoms with van der Waals surface area (Å²) in [5.41, 5.74) is 1.04. The van der Waals surface area contributed by atoms with Gasteiger partial charge in [0.1, 0.15) is 0 Å². The fraction of sp³-hybridized carbons (Fsp3) is 0.719.